The lowest BCUT2D eigenvalue weighted by atomic mass is 9.87. The molecule has 0 aliphatic carbocycles. The van der Waals surface area contributed by atoms with Gasteiger partial charge >= 0.3 is 0 Å². The topological polar surface area (TPSA) is 0 Å². The van der Waals surface area contributed by atoms with Crippen LogP contribution in [0.3, 0.4) is 0 Å². The molecule has 14 heavy (non-hydrogen) atoms. The zero-order chi connectivity index (χ0) is 10.6. The number of aryl methyl sites for hydroxylation is 1. The van der Waals surface area contributed by atoms with Crippen LogP contribution in [0.4, 0.5) is 0 Å². The smallest absolute Gasteiger partial charge is 0.00452 e. The molecule has 0 aliphatic rings. The summed E-state index contributed by atoms with van der Waals surface area (Å²) in [7, 11) is 0. The zero-order valence-corrected chi connectivity index (χ0v) is 9.67. The molecule has 0 nitrogen and oxygen atoms in total. The summed E-state index contributed by atoms with van der Waals surface area (Å²) < 4.78 is 0. The molecule has 0 N–H and O–H groups in total. The van der Waals surface area contributed by atoms with E-state index in [4.69, 9.17) is 0 Å². The van der Waals surface area contributed by atoms with E-state index in [1.165, 1.54) is 23.1 Å². The summed E-state index contributed by atoms with van der Waals surface area (Å²) in [5, 5.41) is 0. The van der Waals surface area contributed by atoms with Crippen LogP contribution in [0.25, 0.3) is 0 Å². The Hall–Kier alpha value is -1.04. The fourth-order valence-electron chi connectivity index (χ4n) is 1.97. The third-order valence-corrected chi connectivity index (χ3v) is 2.98. The maximum atomic E-state index is 2.25. The molecule has 1 aromatic carbocycles. The van der Waals surface area contributed by atoms with E-state index < -0.39 is 0 Å². The second kappa shape index (κ2) is 4.99. The summed E-state index contributed by atoms with van der Waals surface area (Å²) in [6.45, 7) is 8.79. The summed E-state index contributed by atoms with van der Waals surface area (Å²) in [6.07, 6.45) is 3.40. The molecule has 1 unspecified atom stereocenters. The molecule has 76 valence electrons. The number of benzene rings is 1. The summed E-state index contributed by atoms with van der Waals surface area (Å²) in [4.78, 5) is 0. The van der Waals surface area contributed by atoms with E-state index in [1.807, 2.05) is 0 Å². The van der Waals surface area contributed by atoms with Gasteiger partial charge in [-0.15, -0.1) is 0 Å². The second-order valence-electron chi connectivity index (χ2n) is 3.85. The van der Waals surface area contributed by atoms with E-state index in [2.05, 4.69) is 58.0 Å². The van der Waals surface area contributed by atoms with Gasteiger partial charge < -0.3 is 0 Å². The average Bonchev–Trinajstić information content (AvgIpc) is 2.21. The van der Waals surface area contributed by atoms with Crippen molar-refractivity contribution in [3.8, 4) is 0 Å². The van der Waals surface area contributed by atoms with Crippen molar-refractivity contribution in [2.45, 2.75) is 40.0 Å². The molecule has 0 spiro atoms. The van der Waals surface area contributed by atoms with E-state index in [1.54, 1.807) is 0 Å². The highest BCUT2D eigenvalue weighted by Crippen LogP contribution is 2.29. The van der Waals surface area contributed by atoms with Crippen LogP contribution in [0.1, 0.15) is 44.2 Å². The maximum absolute atomic E-state index is 2.25. The van der Waals surface area contributed by atoms with Crippen LogP contribution < -0.4 is 0 Å². The molecule has 1 aromatic rings. The quantitative estimate of drug-likeness (QED) is 0.614. The minimum atomic E-state index is 0.598. The van der Waals surface area contributed by atoms with Crippen LogP contribution in [0.15, 0.2) is 35.9 Å². The van der Waals surface area contributed by atoms with Gasteiger partial charge in [0, 0.05) is 5.92 Å². The maximum Gasteiger partial charge on any atom is 0.00452 e. The lowest BCUT2D eigenvalue weighted by molar-refractivity contribution is 0.752. The largest absolute Gasteiger partial charge is 0.0881 e. The van der Waals surface area contributed by atoms with Crippen molar-refractivity contribution in [2.24, 2.45) is 0 Å². The molecule has 0 bridgehead atoms. The predicted octanol–water partition coefficient (Wildman–Crippen LogP) is 4.45. The molecule has 1 atom stereocenters. The van der Waals surface area contributed by atoms with Gasteiger partial charge in [0.2, 0.25) is 0 Å². The van der Waals surface area contributed by atoms with E-state index in [0.29, 0.717) is 5.92 Å². The van der Waals surface area contributed by atoms with Gasteiger partial charge in [0.05, 0.1) is 0 Å². The molecule has 0 aliphatic heterocycles. The van der Waals surface area contributed by atoms with Crippen LogP contribution in [0, 0.1) is 6.92 Å². The van der Waals surface area contributed by atoms with Crippen molar-refractivity contribution >= 4 is 0 Å². The van der Waals surface area contributed by atoms with E-state index >= 15 is 0 Å². The van der Waals surface area contributed by atoms with Crippen LogP contribution in [-0.2, 0) is 0 Å². The molecule has 0 fully saturated rings. The Kier molecular flexibility index (Phi) is 3.94. The third kappa shape index (κ3) is 2.25. The van der Waals surface area contributed by atoms with Crippen LogP contribution in [0.2, 0.25) is 0 Å². The van der Waals surface area contributed by atoms with Crippen LogP contribution >= 0.6 is 0 Å². The second-order valence-corrected chi connectivity index (χ2v) is 3.85. The number of allylic oxidation sites excluding steroid dienone is 2. The Labute approximate surface area is 87.7 Å². The third-order valence-electron chi connectivity index (χ3n) is 2.98. The van der Waals surface area contributed by atoms with Gasteiger partial charge in [0.1, 0.15) is 0 Å². The molecule has 0 amide bonds. The first-order valence-corrected chi connectivity index (χ1v) is 5.39. The molecule has 0 saturated heterocycles. The first-order chi connectivity index (χ1) is 6.70. The fourth-order valence-corrected chi connectivity index (χ4v) is 1.97. The SMILES string of the molecule is C/C=C(/C)C(CC)c1ccccc1C. The lowest BCUT2D eigenvalue weighted by Gasteiger charge is -2.18. The van der Waals surface area contributed by atoms with Gasteiger partial charge in [0.25, 0.3) is 0 Å². The first kappa shape index (κ1) is 11.0. The van der Waals surface area contributed by atoms with Crippen molar-refractivity contribution in [3.05, 3.63) is 47.0 Å². The summed E-state index contributed by atoms with van der Waals surface area (Å²) in [6, 6.07) is 8.68. The Morgan fingerprint density at radius 3 is 2.50 bits per heavy atom. The average molecular weight is 188 g/mol. The first-order valence-electron chi connectivity index (χ1n) is 5.39. The lowest BCUT2D eigenvalue weighted by Crippen LogP contribution is -2.01. The highest BCUT2D eigenvalue weighted by molar-refractivity contribution is 5.34. The van der Waals surface area contributed by atoms with E-state index in [0.717, 1.165) is 0 Å². The molecule has 1 rings (SSSR count). The number of hydrogen-bond acceptors (Lipinski definition) is 0. The van der Waals surface area contributed by atoms with E-state index in [-0.39, 0.29) is 0 Å². The minimum Gasteiger partial charge on any atom is -0.0881 e. The van der Waals surface area contributed by atoms with Gasteiger partial charge in [-0.1, -0.05) is 42.8 Å². The molecular formula is C14H20. The highest BCUT2D eigenvalue weighted by atomic mass is 14.2. The molecule has 0 aromatic heterocycles. The van der Waals surface area contributed by atoms with Crippen LogP contribution in [0.5, 0.6) is 0 Å². The Morgan fingerprint density at radius 2 is 2.00 bits per heavy atom. The van der Waals surface area contributed by atoms with Gasteiger partial charge in [-0.2, -0.15) is 0 Å². The van der Waals surface area contributed by atoms with Gasteiger partial charge in [-0.05, 0) is 38.3 Å². The van der Waals surface area contributed by atoms with Crippen molar-refractivity contribution in [2.75, 3.05) is 0 Å². The zero-order valence-electron chi connectivity index (χ0n) is 9.67. The Balaban J connectivity index is 3.07. The van der Waals surface area contributed by atoms with Crippen molar-refractivity contribution < 1.29 is 0 Å². The Bertz CT molecular complexity index is 321. The fraction of sp³-hybridized carbons (Fsp3) is 0.429. The van der Waals surface area contributed by atoms with Crippen molar-refractivity contribution in [3.63, 3.8) is 0 Å². The number of hydrogen-bond donors (Lipinski definition) is 0. The predicted molar refractivity (Wildman–Crippen MR) is 63.6 cm³/mol. The number of rotatable bonds is 3. The Morgan fingerprint density at radius 1 is 1.36 bits per heavy atom. The molecular weight excluding hydrogens is 168 g/mol. The van der Waals surface area contributed by atoms with Crippen molar-refractivity contribution in [1.29, 1.82) is 0 Å². The standard InChI is InChI=1S/C14H20/c1-5-11(3)13(6-2)14-10-8-7-9-12(14)4/h5,7-10,13H,6H2,1-4H3/b11-5-. The summed E-state index contributed by atoms with van der Waals surface area (Å²) in [5.74, 6) is 0.598. The highest BCUT2D eigenvalue weighted by Gasteiger charge is 2.11. The van der Waals surface area contributed by atoms with Crippen molar-refractivity contribution in [1.82, 2.24) is 0 Å². The summed E-state index contributed by atoms with van der Waals surface area (Å²) in [5.41, 5.74) is 4.35. The van der Waals surface area contributed by atoms with E-state index in [9.17, 15) is 0 Å². The minimum absolute atomic E-state index is 0.598. The van der Waals surface area contributed by atoms with Crippen LogP contribution in [-0.4, -0.2) is 0 Å². The summed E-state index contributed by atoms with van der Waals surface area (Å²) >= 11 is 0. The normalized spacial score (nSPS) is 14.1. The molecule has 0 heteroatoms. The molecule has 0 heterocycles. The van der Waals surface area contributed by atoms with Gasteiger partial charge in [-0.25, -0.2) is 0 Å². The van der Waals surface area contributed by atoms with Gasteiger partial charge in [0.15, 0.2) is 0 Å². The molecule has 0 radical (unpaired) electrons. The van der Waals surface area contributed by atoms with Gasteiger partial charge in [-0.3, -0.25) is 0 Å². The molecule has 0 saturated carbocycles. The monoisotopic (exact) mass is 188 g/mol.